The van der Waals surface area contributed by atoms with Crippen LogP contribution >= 0.6 is 0 Å². The molecule has 8 heteroatoms. The Kier molecular flexibility index (Phi) is 7.27. The van der Waals surface area contributed by atoms with Crippen LogP contribution in [0.3, 0.4) is 0 Å². The number of anilines is 1. The van der Waals surface area contributed by atoms with Gasteiger partial charge in [0.05, 0.1) is 17.3 Å². The van der Waals surface area contributed by atoms with Crippen LogP contribution in [0.1, 0.15) is 64.4 Å². The van der Waals surface area contributed by atoms with Crippen molar-refractivity contribution in [3.8, 4) is 0 Å². The number of benzene rings is 1. The largest absolute Gasteiger partial charge is 0.333 e. The molecule has 34 heavy (non-hydrogen) atoms. The maximum Gasteiger partial charge on any atom is 0.322 e. The van der Waals surface area contributed by atoms with Gasteiger partial charge in [0, 0.05) is 31.5 Å². The minimum Gasteiger partial charge on any atom is -0.333 e. The van der Waals surface area contributed by atoms with Gasteiger partial charge in [0.1, 0.15) is 9.84 Å². The van der Waals surface area contributed by atoms with Gasteiger partial charge < -0.3 is 15.1 Å². The van der Waals surface area contributed by atoms with Crippen molar-refractivity contribution in [2.24, 2.45) is 11.8 Å². The molecular weight excluding hydrogens is 450 g/mol. The molecule has 1 aromatic rings. The second kappa shape index (κ2) is 9.88. The van der Waals surface area contributed by atoms with Crippen molar-refractivity contribution in [2.75, 3.05) is 18.1 Å². The maximum atomic E-state index is 13.4. The molecule has 1 saturated heterocycles. The fraction of sp³-hybridized carbons (Fsp3) is 0.692. The number of carbonyl (C=O) groups is 2. The molecule has 188 valence electrons. The SMILES string of the molecule is CC(=O)N1C2CCC(C3CCC(S(C)(=O)=O)CC3)CC2N(C(=O)Nc2ccc(C)cc2)C[C@@H]1C. The number of fused-ring (bicyclic) bond motifs is 1. The average Bonchev–Trinajstić information content (AvgIpc) is 2.79. The number of piperazine rings is 1. The summed E-state index contributed by atoms with van der Waals surface area (Å²) < 4.78 is 24.0. The minimum absolute atomic E-state index is 0.0167. The van der Waals surface area contributed by atoms with Gasteiger partial charge >= 0.3 is 6.03 Å². The lowest BCUT2D eigenvalue weighted by Gasteiger charge is -2.54. The number of aryl methyl sites for hydroxylation is 1. The molecule has 0 radical (unpaired) electrons. The number of hydrogen-bond donors (Lipinski definition) is 1. The van der Waals surface area contributed by atoms with Crippen molar-refractivity contribution < 1.29 is 18.0 Å². The third-order valence-corrected chi connectivity index (χ3v) is 10.1. The molecule has 3 aliphatic rings. The zero-order valence-corrected chi connectivity index (χ0v) is 21.7. The summed E-state index contributed by atoms with van der Waals surface area (Å²) in [6.45, 7) is 6.20. The van der Waals surface area contributed by atoms with Crippen LogP contribution in [0.2, 0.25) is 0 Å². The molecule has 2 aliphatic carbocycles. The van der Waals surface area contributed by atoms with Crippen LogP contribution in [-0.4, -0.2) is 66.3 Å². The Morgan fingerprint density at radius 2 is 1.56 bits per heavy atom. The molecular formula is C26H39N3O4S. The van der Waals surface area contributed by atoms with Crippen LogP contribution in [0.25, 0.3) is 0 Å². The summed E-state index contributed by atoms with van der Waals surface area (Å²) in [5.41, 5.74) is 1.92. The summed E-state index contributed by atoms with van der Waals surface area (Å²) in [6, 6.07) is 7.70. The lowest BCUT2D eigenvalue weighted by molar-refractivity contribution is -0.141. The quantitative estimate of drug-likeness (QED) is 0.689. The van der Waals surface area contributed by atoms with E-state index in [-0.39, 0.29) is 35.3 Å². The third-order valence-electron chi connectivity index (χ3n) is 8.43. The Balaban J connectivity index is 1.50. The van der Waals surface area contributed by atoms with E-state index in [1.54, 1.807) is 6.92 Å². The Labute approximate surface area is 204 Å². The highest BCUT2D eigenvalue weighted by Gasteiger charge is 2.47. The van der Waals surface area contributed by atoms with Crippen molar-refractivity contribution in [1.82, 2.24) is 9.80 Å². The highest BCUT2D eigenvalue weighted by atomic mass is 32.2. The Morgan fingerprint density at radius 3 is 2.15 bits per heavy atom. The van der Waals surface area contributed by atoms with Crippen molar-refractivity contribution in [2.45, 2.75) is 89.1 Å². The average molecular weight is 490 g/mol. The van der Waals surface area contributed by atoms with Gasteiger partial charge in [-0.1, -0.05) is 17.7 Å². The van der Waals surface area contributed by atoms with Gasteiger partial charge in [0.2, 0.25) is 5.91 Å². The Morgan fingerprint density at radius 1 is 0.941 bits per heavy atom. The summed E-state index contributed by atoms with van der Waals surface area (Å²) in [4.78, 5) is 29.9. The summed E-state index contributed by atoms with van der Waals surface area (Å²) in [7, 11) is -2.98. The number of urea groups is 1. The zero-order valence-electron chi connectivity index (χ0n) is 20.9. The van der Waals surface area contributed by atoms with Crippen LogP contribution in [0, 0.1) is 18.8 Å². The van der Waals surface area contributed by atoms with Gasteiger partial charge in [-0.2, -0.15) is 0 Å². The minimum atomic E-state index is -2.98. The van der Waals surface area contributed by atoms with E-state index >= 15 is 0 Å². The molecule has 2 saturated carbocycles. The normalized spacial score (nSPS) is 32.1. The molecule has 7 nitrogen and oxygen atoms in total. The van der Waals surface area contributed by atoms with E-state index < -0.39 is 9.84 Å². The van der Waals surface area contributed by atoms with E-state index in [1.807, 2.05) is 47.9 Å². The molecule has 0 aromatic heterocycles. The monoisotopic (exact) mass is 489 g/mol. The summed E-state index contributed by atoms with van der Waals surface area (Å²) >= 11 is 0. The Bertz CT molecular complexity index is 1000. The molecule has 0 bridgehead atoms. The number of nitrogens with zero attached hydrogens (tertiary/aromatic N) is 2. The van der Waals surface area contributed by atoms with Crippen molar-refractivity contribution in [3.05, 3.63) is 29.8 Å². The maximum absolute atomic E-state index is 13.4. The molecule has 4 atom stereocenters. The molecule has 1 heterocycles. The van der Waals surface area contributed by atoms with Gasteiger partial charge in [-0.15, -0.1) is 0 Å². The predicted molar refractivity (Wildman–Crippen MR) is 134 cm³/mol. The first-order valence-electron chi connectivity index (χ1n) is 12.7. The second-order valence-corrected chi connectivity index (χ2v) is 13.1. The van der Waals surface area contributed by atoms with E-state index in [0.717, 1.165) is 56.2 Å². The fourth-order valence-electron chi connectivity index (χ4n) is 6.68. The van der Waals surface area contributed by atoms with E-state index in [4.69, 9.17) is 0 Å². The standard InChI is InChI=1S/C26H39N3O4S/c1-17-5-10-22(11-6-17)27-26(31)28-16-18(2)29(19(3)30)24-14-9-21(15-25(24)28)20-7-12-23(13-8-20)34(4,32)33/h5-6,10-11,18,20-21,23-25H,7-9,12-16H2,1-4H3,(H,27,31)/t18-,20?,21?,23?,24?,25?/m0/s1. The highest BCUT2D eigenvalue weighted by molar-refractivity contribution is 7.91. The number of carbonyl (C=O) groups excluding carboxylic acids is 2. The van der Waals surface area contributed by atoms with Crippen molar-refractivity contribution in [1.29, 1.82) is 0 Å². The first kappa shape index (κ1) is 25.0. The number of hydrogen-bond acceptors (Lipinski definition) is 4. The van der Waals surface area contributed by atoms with Crippen LogP contribution in [0.15, 0.2) is 24.3 Å². The molecule has 1 aliphatic heterocycles. The van der Waals surface area contributed by atoms with E-state index in [0.29, 0.717) is 18.4 Å². The van der Waals surface area contributed by atoms with E-state index in [2.05, 4.69) is 5.32 Å². The van der Waals surface area contributed by atoms with Gasteiger partial charge in [-0.05, 0) is 82.8 Å². The van der Waals surface area contributed by atoms with E-state index in [1.165, 1.54) is 6.26 Å². The molecule has 1 aromatic carbocycles. The number of amides is 3. The first-order valence-corrected chi connectivity index (χ1v) is 14.6. The highest BCUT2D eigenvalue weighted by Crippen LogP contribution is 2.43. The van der Waals surface area contributed by atoms with E-state index in [9.17, 15) is 18.0 Å². The summed E-state index contributed by atoms with van der Waals surface area (Å²) in [5.74, 6) is 1.03. The second-order valence-electron chi connectivity index (χ2n) is 10.8. The molecule has 3 unspecified atom stereocenters. The van der Waals surface area contributed by atoms with Gasteiger partial charge in [-0.25, -0.2) is 13.2 Å². The lowest BCUT2D eigenvalue weighted by Crippen LogP contribution is -2.67. The molecule has 3 amide bonds. The first-order chi connectivity index (χ1) is 16.0. The lowest BCUT2D eigenvalue weighted by atomic mass is 9.69. The molecule has 0 spiro atoms. The van der Waals surface area contributed by atoms with Crippen LogP contribution in [-0.2, 0) is 14.6 Å². The van der Waals surface area contributed by atoms with Gasteiger partial charge in [0.25, 0.3) is 0 Å². The van der Waals surface area contributed by atoms with Gasteiger partial charge in [0.15, 0.2) is 0 Å². The predicted octanol–water partition coefficient (Wildman–Crippen LogP) is 4.22. The number of rotatable bonds is 3. The number of sulfone groups is 1. The van der Waals surface area contributed by atoms with Crippen LogP contribution in [0.4, 0.5) is 10.5 Å². The smallest absolute Gasteiger partial charge is 0.322 e. The number of nitrogens with one attached hydrogen (secondary N) is 1. The molecule has 4 rings (SSSR count). The summed E-state index contributed by atoms with van der Waals surface area (Å²) in [5, 5.41) is 2.86. The van der Waals surface area contributed by atoms with Crippen LogP contribution < -0.4 is 5.32 Å². The van der Waals surface area contributed by atoms with Gasteiger partial charge in [-0.3, -0.25) is 4.79 Å². The fourth-order valence-corrected chi connectivity index (χ4v) is 7.81. The Hall–Kier alpha value is -2.09. The summed E-state index contributed by atoms with van der Waals surface area (Å²) in [6.07, 6.45) is 7.48. The zero-order chi connectivity index (χ0) is 24.6. The van der Waals surface area contributed by atoms with Crippen molar-refractivity contribution in [3.63, 3.8) is 0 Å². The third kappa shape index (κ3) is 5.26. The van der Waals surface area contributed by atoms with Crippen LogP contribution in [0.5, 0.6) is 0 Å². The molecule has 3 fully saturated rings. The van der Waals surface area contributed by atoms with Crippen molar-refractivity contribution >= 4 is 27.5 Å². The molecule has 1 N–H and O–H groups in total. The topological polar surface area (TPSA) is 86.8 Å².